The van der Waals surface area contributed by atoms with E-state index in [1.165, 1.54) is 10.8 Å². The number of hydrogen-bond acceptors (Lipinski definition) is 5. The van der Waals surface area contributed by atoms with Crippen LogP contribution in [0.1, 0.15) is 11.5 Å². The van der Waals surface area contributed by atoms with Crippen LogP contribution in [-0.2, 0) is 0 Å². The summed E-state index contributed by atoms with van der Waals surface area (Å²) < 4.78 is 13.1. The summed E-state index contributed by atoms with van der Waals surface area (Å²) in [7, 11) is 0. The van der Waals surface area contributed by atoms with E-state index in [2.05, 4.69) is 140 Å². The molecule has 0 radical (unpaired) electrons. The molecule has 0 saturated carbocycles. The Morgan fingerprint density at radius 3 is 2.02 bits per heavy atom. The molecule has 2 aromatic heterocycles. The van der Waals surface area contributed by atoms with Crippen LogP contribution in [0.5, 0.6) is 5.75 Å². The Balaban J connectivity index is 1.12. The number of rotatable bonds is 5. The Bertz CT molecular complexity index is 2980. The van der Waals surface area contributed by atoms with Gasteiger partial charge in [-0.15, -0.1) is 0 Å². The average molecular weight is 694 g/mol. The van der Waals surface area contributed by atoms with Gasteiger partial charge in [0.15, 0.2) is 17.5 Å². The van der Waals surface area contributed by atoms with Crippen molar-refractivity contribution in [3.63, 3.8) is 0 Å². The largest absolute Gasteiger partial charge is 0.485 e. The Morgan fingerprint density at radius 1 is 0.444 bits per heavy atom. The molecule has 0 saturated heterocycles. The summed E-state index contributed by atoms with van der Waals surface area (Å²) in [6.07, 6.45) is 8.39. The van der Waals surface area contributed by atoms with Crippen LogP contribution in [0, 0.1) is 0 Å². The minimum atomic E-state index is -0.0949. The van der Waals surface area contributed by atoms with Gasteiger partial charge >= 0.3 is 0 Å². The minimum Gasteiger partial charge on any atom is -0.485 e. The average Bonchev–Trinajstić information content (AvgIpc) is 3.82. The first-order valence-corrected chi connectivity index (χ1v) is 18.3. The monoisotopic (exact) mass is 693 g/mol. The standard InChI is InChI=1S/C49H31N3O2/c1-2-11-30(12-3-1)36-28-41(45-39-16-7-9-20-43(39)53-44(45)29-36)49-51-47(33-24-21-32(22-25-33)35-26-23-31-13-4-5-14-34(31)27-35)50-48(52-49)40-18-10-17-38-37-15-6-8-19-42(37)54-46(38)40/h1-29,39,43H. The number of hydrogen-bond donors (Lipinski definition) is 0. The number of ether oxygens (including phenoxy) is 1. The molecule has 2 aliphatic rings. The molecular formula is C49H31N3O2. The zero-order valence-electron chi connectivity index (χ0n) is 29.1. The van der Waals surface area contributed by atoms with Crippen molar-refractivity contribution in [1.82, 2.24) is 15.0 Å². The fraction of sp³-hybridized carbons (Fsp3) is 0.0408. The fourth-order valence-corrected chi connectivity index (χ4v) is 8.01. The summed E-state index contributed by atoms with van der Waals surface area (Å²) in [6.45, 7) is 0. The molecule has 3 heterocycles. The molecule has 7 aromatic carbocycles. The van der Waals surface area contributed by atoms with Gasteiger partial charge in [-0.3, -0.25) is 0 Å². The van der Waals surface area contributed by atoms with Crippen LogP contribution in [0.2, 0.25) is 0 Å². The molecule has 0 N–H and O–H groups in total. The number of benzene rings is 7. The van der Waals surface area contributed by atoms with Gasteiger partial charge in [0.25, 0.3) is 0 Å². The van der Waals surface area contributed by atoms with Crippen molar-refractivity contribution in [2.45, 2.75) is 12.0 Å². The van der Waals surface area contributed by atoms with E-state index in [1.807, 2.05) is 36.4 Å². The van der Waals surface area contributed by atoms with Gasteiger partial charge in [-0.25, -0.2) is 15.0 Å². The summed E-state index contributed by atoms with van der Waals surface area (Å²) in [5.41, 5.74) is 9.71. The van der Waals surface area contributed by atoms with E-state index < -0.39 is 0 Å². The number of furan rings is 1. The van der Waals surface area contributed by atoms with E-state index in [0.29, 0.717) is 17.5 Å². The molecule has 54 heavy (non-hydrogen) atoms. The predicted octanol–water partition coefficient (Wildman–Crippen LogP) is 12.2. The topological polar surface area (TPSA) is 61.0 Å². The molecule has 0 bridgehead atoms. The number of nitrogens with zero attached hydrogens (tertiary/aromatic N) is 3. The van der Waals surface area contributed by atoms with Crippen LogP contribution in [0.4, 0.5) is 0 Å². The Hall–Kier alpha value is -7.11. The van der Waals surface area contributed by atoms with E-state index >= 15 is 0 Å². The maximum absolute atomic E-state index is 6.61. The Kier molecular flexibility index (Phi) is 6.92. The van der Waals surface area contributed by atoms with Crippen molar-refractivity contribution < 1.29 is 9.15 Å². The molecule has 2 atom stereocenters. The first kappa shape index (κ1) is 30.5. The first-order chi connectivity index (χ1) is 26.7. The highest BCUT2D eigenvalue weighted by Crippen LogP contribution is 2.48. The molecule has 1 aliphatic heterocycles. The van der Waals surface area contributed by atoms with Crippen molar-refractivity contribution in [1.29, 1.82) is 0 Å². The number of allylic oxidation sites excluding steroid dienone is 2. The van der Waals surface area contributed by atoms with Gasteiger partial charge in [-0.1, -0.05) is 140 Å². The highest BCUT2D eigenvalue weighted by molar-refractivity contribution is 6.09. The van der Waals surface area contributed by atoms with Crippen molar-refractivity contribution in [2.24, 2.45) is 0 Å². The second-order valence-electron chi connectivity index (χ2n) is 13.9. The normalized spacial score (nSPS) is 15.8. The van der Waals surface area contributed by atoms with Gasteiger partial charge in [0.1, 0.15) is 23.0 Å². The Labute approximate surface area is 311 Å². The van der Waals surface area contributed by atoms with Crippen molar-refractivity contribution in [3.8, 4) is 62.2 Å². The third-order valence-corrected chi connectivity index (χ3v) is 10.7. The SMILES string of the molecule is C1=CC2Oc3cc(-c4ccccc4)cc(-c4nc(-c5ccc(-c6ccc7ccccc7c6)cc5)nc(-c5cccc6c5oc5ccccc56)n4)c3C2C=C1. The molecule has 1 aliphatic carbocycles. The molecule has 2 unspecified atom stereocenters. The zero-order valence-corrected chi connectivity index (χ0v) is 29.1. The van der Waals surface area contributed by atoms with Gasteiger partial charge < -0.3 is 9.15 Å². The van der Waals surface area contributed by atoms with E-state index in [9.17, 15) is 0 Å². The molecule has 0 fully saturated rings. The van der Waals surface area contributed by atoms with Gasteiger partial charge in [0.2, 0.25) is 0 Å². The summed E-state index contributed by atoms with van der Waals surface area (Å²) in [4.78, 5) is 15.7. The van der Waals surface area contributed by atoms with Gasteiger partial charge in [0, 0.05) is 33.4 Å². The van der Waals surface area contributed by atoms with Crippen LogP contribution in [-0.4, -0.2) is 21.1 Å². The van der Waals surface area contributed by atoms with Crippen LogP contribution in [0.15, 0.2) is 180 Å². The smallest absolute Gasteiger partial charge is 0.167 e. The van der Waals surface area contributed by atoms with Crippen LogP contribution in [0.25, 0.3) is 89.1 Å². The van der Waals surface area contributed by atoms with E-state index in [-0.39, 0.29) is 12.0 Å². The van der Waals surface area contributed by atoms with Gasteiger partial charge in [-0.05, 0) is 69.4 Å². The zero-order chi connectivity index (χ0) is 35.6. The molecule has 254 valence electrons. The van der Waals surface area contributed by atoms with Crippen LogP contribution >= 0.6 is 0 Å². The molecule has 5 heteroatoms. The molecule has 0 spiro atoms. The minimum absolute atomic E-state index is 0.0357. The van der Waals surface area contributed by atoms with Crippen molar-refractivity contribution in [2.75, 3.05) is 0 Å². The second kappa shape index (κ2) is 12.2. The summed E-state index contributed by atoms with van der Waals surface area (Å²) >= 11 is 0. The molecule has 11 rings (SSSR count). The van der Waals surface area contributed by atoms with E-state index in [4.69, 9.17) is 24.1 Å². The maximum Gasteiger partial charge on any atom is 0.167 e. The third-order valence-electron chi connectivity index (χ3n) is 10.7. The second-order valence-corrected chi connectivity index (χ2v) is 13.9. The van der Waals surface area contributed by atoms with Crippen LogP contribution in [0.3, 0.4) is 0 Å². The summed E-state index contributed by atoms with van der Waals surface area (Å²) in [5.74, 6) is 2.60. The quantitative estimate of drug-likeness (QED) is 0.180. The lowest BCUT2D eigenvalue weighted by Crippen LogP contribution is -2.16. The number of para-hydroxylation sites is 2. The number of fused-ring (bicyclic) bond motifs is 7. The first-order valence-electron chi connectivity index (χ1n) is 18.3. The lowest BCUT2D eigenvalue weighted by Gasteiger charge is -2.17. The van der Waals surface area contributed by atoms with E-state index in [0.717, 1.165) is 72.2 Å². The maximum atomic E-state index is 6.61. The molecule has 9 aromatic rings. The highest BCUT2D eigenvalue weighted by atomic mass is 16.5. The predicted molar refractivity (Wildman–Crippen MR) is 217 cm³/mol. The van der Waals surface area contributed by atoms with Crippen molar-refractivity contribution >= 4 is 32.7 Å². The van der Waals surface area contributed by atoms with Gasteiger partial charge in [0.05, 0.1) is 5.56 Å². The van der Waals surface area contributed by atoms with Gasteiger partial charge in [-0.2, -0.15) is 0 Å². The fourth-order valence-electron chi connectivity index (χ4n) is 8.01. The molecular weight excluding hydrogens is 663 g/mol. The molecule has 5 nitrogen and oxygen atoms in total. The summed E-state index contributed by atoms with van der Waals surface area (Å²) in [5, 5.41) is 4.52. The molecule has 0 amide bonds. The van der Waals surface area contributed by atoms with Crippen LogP contribution < -0.4 is 4.74 Å². The summed E-state index contributed by atoms with van der Waals surface area (Å²) in [6, 6.07) is 52.6. The lowest BCUT2D eigenvalue weighted by atomic mass is 9.87. The van der Waals surface area contributed by atoms with E-state index in [1.54, 1.807) is 0 Å². The third kappa shape index (κ3) is 5.05. The van der Waals surface area contributed by atoms with Crippen molar-refractivity contribution in [3.05, 3.63) is 182 Å². The Morgan fingerprint density at radius 2 is 1.13 bits per heavy atom. The highest BCUT2D eigenvalue weighted by Gasteiger charge is 2.36. The lowest BCUT2D eigenvalue weighted by molar-refractivity contribution is 0.269. The number of aromatic nitrogens is 3.